The monoisotopic (exact) mass is 170 g/mol. The molecular weight excluding hydrogens is 160 g/mol. The number of ether oxygens (including phenoxy) is 2. The summed E-state index contributed by atoms with van der Waals surface area (Å²) in [4.78, 5) is 11.2. The maximum absolute atomic E-state index is 11.2. The summed E-state index contributed by atoms with van der Waals surface area (Å²) in [6, 6.07) is 0. The molecule has 3 rings (SSSR count). The summed E-state index contributed by atoms with van der Waals surface area (Å²) in [6.07, 6.45) is 0.962. The summed E-state index contributed by atoms with van der Waals surface area (Å²) in [5.41, 5.74) is 0. The van der Waals surface area contributed by atoms with Crippen LogP contribution >= 0.6 is 0 Å². The number of hydrogen-bond acceptors (Lipinski definition) is 4. The van der Waals surface area contributed by atoms with Gasteiger partial charge in [-0.25, -0.2) is 0 Å². The lowest BCUT2D eigenvalue weighted by Gasteiger charge is -2.07. The Labute approximate surface area is 69.5 Å². The molecule has 4 heteroatoms. The molecule has 66 valence electrons. The van der Waals surface area contributed by atoms with Crippen molar-refractivity contribution in [1.29, 1.82) is 0 Å². The van der Waals surface area contributed by atoms with Crippen molar-refractivity contribution in [3.8, 4) is 0 Å². The molecule has 2 saturated heterocycles. The smallest absolute Gasteiger partial charge is 0.314 e. The van der Waals surface area contributed by atoms with Gasteiger partial charge in [0.15, 0.2) is 6.29 Å². The number of aliphatic hydroxyl groups excluding tert-OH is 1. The van der Waals surface area contributed by atoms with E-state index < -0.39 is 12.2 Å². The van der Waals surface area contributed by atoms with Crippen molar-refractivity contribution in [3.63, 3.8) is 0 Å². The molecule has 2 aliphatic heterocycles. The van der Waals surface area contributed by atoms with Crippen LogP contribution in [0, 0.1) is 11.8 Å². The van der Waals surface area contributed by atoms with Crippen LogP contribution in [0.25, 0.3) is 0 Å². The second-order valence-electron chi connectivity index (χ2n) is 3.72. The van der Waals surface area contributed by atoms with Crippen LogP contribution in [-0.2, 0) is 14.3 Å². The third-order valence-corrected chi connectivity index (χ3v) is 3.17. The molecule has 12 heavy (non-hydrogen) atoms. The first-order chi connectivity index (χ1) is 5.77. The third-order valence-electron chi connectivity index (χ3n) is 3.17. The van der Waals surface area contributed by atoms with Crippen molar-refractivity contribution in [2.75, 3.05) is 0 Å². The predicted molar refractivity (Wildman–Crippen MR) is 37.0 cm³/mol. The normalized spacial score (nSPS) is 55.8. The van der Waals surface area contributed by atoms with E-state index in [0.717, 1.165) is 12.8 Å². The van der Waals surface area contributed by atoms with Gasteiger partial charge in [-0.05, 0) is 12.8 Å². The van der Waals surface area contributed by atoms with E-state index >= 15 is 0 Å². The Morgan fingerprint density at radius 2 is 2.08 bits per heavy atom. The molecule has 2 heterocycles. The van der Waals surface area contributed by atoms with Crippen molar-refractivity contribution in [3.05, 3.63) is 0 Å². The number of aliphatic hydroxyl groups is 1. The summed E-state index contributed by atoms with van der Waals surface area (Å²) in [7, 11) is 0. The third kappa shape index (κ3) is 0.630. The molecular formula is C8H10O4. The quantitative estimate of drug-likeness (QED) is 0.505. The largest absolute Gasteiger partial charge is 0.462 e. The first kappa shape index (κ1) is 6.86. The van der Waals surface area contributed by atoms with Crippen molar-refractivity contribution >= 4 is 5.97 Å². The molecule has 1 N–H and O–H groups in total. The number of carbonyl (C=O) groups is 1. The minimum absolute atomic E-state index is 0.0182. The fraction of sp³-hybridized carbons (Fsp3) is 0.875. The highest BCUT2D eigenvalue weighted by atomic mass is 16.6. The molecule has 0 aromatic rings. The first-order valence-corrected chi connectivity index (χ1v) is 4.31. The summed E-state index contributed by atoms with van der Waals surface area (Å²) >= 11 is 0. The van der Waals surface area contributed by atoms with E-state index in [1.165, 1.54) is 0 Å². The number of esters is 1. The predicted octanol–water partition coefficient (Wildman–Crippen LogP) is -0.345. The van der Waals surface area contributed by atoms with Crippen LogP contribution in [0.1, 0.15) is 12.8 Å². The van der Waals surface area contributed by atoms with Gasteiger partial charge < -0.3 is 14.6 Å². The molecule has 5 atom stereocenters. The Hall–Kier alpha value is -0.610. The van der Waals surface area contributed by atoms with Crippen molar-refractivity contribution in [1.82, 2.24) is 0 Å². The first-order valence-electron chi connectivity index (χ1n) is 4.31. The van der Waals surface area contributed by atoms with Gasteiger partial charge in [-0.15, -0.1) is 0 Å². The van der Waals surface area contributed by atoms with Gasteiger partial charge in [0.2, 0.25) is 0 Å². The zero-order chi connectivity index (χ0) is 8.29. The van der Waals surface area contributed by atoms with Crippen LogP contribution in [0.3, 0.4) is 0 Å². The van der Waals surface area contributed by atoms with Crippen molar-refractivity contribution < 1.29 is 19.4 Å². The molecule has 0 bridgehead atoms. The van der Waals surface area contributed by atoms with E-state index in [2.05, 4.69) is 0 Å². The summed E-state index contributed by atoms with van der Waals surface area (Å²) < 4.78 is 10.4. The number of carbonyl (C=O) groups excluding carboxylic acids is 1. The molecule has 0 aromatic carbocycles. The molecule has 3 aliphatic rings. The lowest BCUT2D eigenvalue weighted by atomic mass is 9.93. The zero-order valence-corrected chi connectivity index (χ0v) is 6.47. The molecule has 0 unspecified atom stereocenters. The lowest BCUT2D eigenvalue weighted by molar-refractivity contribution is -0.158. The molecule has 0 spiro atoms. The van der Waals surface area contributed by atoms with Gasteiger partial charge in [0.25, 0.3) is 0 Å². The van der Waals surface area contributed by atoms with E-state index in [4.69, 9.17) is 9.47 Å². The fourth-order valence-corrected chi connectivity index (χ4v) is 2.67. The van der Waals surface area contributed by atoms with Crippen LogP contribution in [-0.4, -0.2) is 29.6 Å². The van der Waals surface area contributed by atoms with Gasteiger partial charge in [0.05, 0.1) is 6.10 Å². The maximum atomic E-state index is 11.2. The Bertz CT molecular complexity index is 239. The SMILES string of the molecule is O=C1O[C@H]2CC[C@H]3O[C@H](O)[C@@H]1[C@@H]23. The molecule has 4 nitrogen and oxygen atoms in total. The van der Waals surface area contributed by atoms with Crippen LogP contribution in [0.15, 0.2) is 0 Å². The topological polar surface area (TPSA) is 55.8 Å². The average Bonchev–Trinajstić information content (AvgIpc) is 2.57. The Balaban J connectivity index is 1.99. The van der Waals surface area contributed by atoms with Crippen LogP contribution in [0.2, 0.25) is 0 Å². The summed E-state index contributed by atoms with van der Waals surface area (Å²) in [5.74, 6) is -0.547. The molecule has 0 aromatic heterocycles. The number of hydrogen-bond donors (Lipinski definition) is 1. The number of rotatable bonds is 0. The molecule has 0 radical (unpaired) electrons. The van der Waals surface area contributed by atoms with Gasteiger partial charge in [0, 0.05) is 5.92 Å². The van der Waals surface area contributed by atoms with Crippen LogP contribution < -0.4 is 0 Å². The Kier molecular flexibility index (Phi) is 1.14. The summed E-state index contributed by atoms with van der Waals surface area (Å²) in [6.45, 7) is 0. The molecule has 3 fully saturated rings. The minimum atomic E-state index is -0.919. The highest BCUT2D eigenvalue weighted by molar-refractivity contribution is 5.76. The highest BCUT2D eigenvalue weighted by Gasteiger charge is 2.60. The molecule has 1 aliphatic carbocycles. The summed E-state index contributed by atoms with van der Waals surface area (Å²) in [5, 5.41) is 9.37. The van der Waals surface area contributed by atoms with Gasteiger partial charge in [0.1, 0.15) is 12.0 Å². The molecule has 1 saturated carbocycles. The fourth-order valence-electron chi connectivity index (χ4n) is 2.67. The lowest BCUT2D eigenvalue weighted by Crippen LogP contribution is -2.23. The van der Waals surface area contributed by atoms with E-state index in [9.17, 15) is 9.90 Å². The van der Waals surface area contributed by atoms with E-state index in [1.54, 1.807) is 0 Å². The Morgan fingerprint density at radius 1 is 1.33 bits per heavy atom. The van der Waals surface area contributed by atoms with E-state index in [-0.39, 0.29) is 24.1 Å². The maximum Gasteiger partial charge on any atom is 0.314 e. The van der Waals surface area contributed by atoms with Gasteiger partial charge >= 0.3 is 5.97 Å². The van der Waals surface area contributed by atoms with Gasteiger partial charge in [-0.3, -0.25) is 4.79 Å². The standard InChI is InChI=1S/C8H10O4/c9-7-6-5-3(11-7)1-2-4(5)12-8(6)10/h3-7,9H,1-2H2/t3-,4+,5-,6+,7+/m1/s1. The average molecular weight is 170 g/mol. The Morgan fingerprint density at radius 3 is 2.92 bits per heavy atom. The van der Waals surface area contributed by atoms with E-state index in [1.807, 2.05) is 0 Å². The van der Waals surface area contributed by atoms with E-state index in [0.29, 0.717) is 0 Å². The second-order valence-corrected chi connectivity index (χ2v) is 3.72. The minimum Gasteiger partial charge on any atom is -0.462 e. The second kappa shape index (κ2) is 2.00. The van der Waals surface area contributed by atoms with Crippen molar-refractivity contribution in [2.24, 2.45) is 11.8 Å². The van der Waals surface area contributed by atoms with Crippen molar-refractivity contribution in [2.45, 2.75) is 31.3 Å². The van der Waals surface area contributed by atoms with Gasteiger partial charge in [-0.1, -0.05) is 0 Å². The highest BCUT2D eigenvalue weighted by Crippen LogP contribution is 2.48. The molecule has 0 amide bonds. The van der Waals surface area contributed by atoms with Gasteiger partial charge in [-0.2, -0.15) is 0 Å². The van der Waals surface area contributed by atoms with Crippen LogP contribution in [0.4, 0.5) is 0 Å². The van der Waals surface area contributed by atoms with Crippen LogP contribution in [0.5, 0.6) is 0 Å². The zero-order valence-electron chi connectivity index (χ0n) is 6.47.